The van der Waals surface area contributed by atoms with Gasteiger partial charge in [0.05, 0.1) is 10.6 Å². The first-order chi connectivity index (χ1) is 7.67. The second-order valence-corrected chi connectivity index (χ2v) is 2.64. The molecule has 0 aliphatic rings. The van der Waals surface area contributed by atoms with Crippen LogP contribution in [-0.4, -0.2) is 16.9 Å². The van der Waals surface area contributed by atoms with Crippen molar-refractivity contribution < 1.29 is 9.72 Å². The molecule has 0 saturated heterocycles. The van der Waals surface area contributed by atoms with Crippen molar-refractivity contribution in [2.75, 3.05) is 5.43 Å². The van der Waals surface area contributed by atoms with Gasteiger partial charge in [-0.3, -0.25) is 20.3 Å². The highest BCUT2D eigenvalue weighted by molar-refractivity contribution is 6.35. The number of nitrogens with zero attached hydrogens (tertiary/aromatic N) is 3. The fraction of sp³-hybridized carbons (Fsp3) is 0. The molecule has 0 fully saturated rings. The van der Waals surface area contributed by atoms with Crippen molar-refractivity contribution >= 4 is 23.4 Å². The molecule has 16 heavy (non-hydrogen) atoms. The molecule has 0 heterocycles. The number of anilines is 1. The summed E-state index contributed by atoms with van der Waals surface area (Å²) in [6.07, 6.45) is 0.304. The van der Waals surface area contributed by atoms with Crippen LogP contribution in [0.4, 0.5) is 11.4 Å². The zero-order chi connectivity index (χ0) is 12.0. The summed E-state index contributed by atoms with van der Waals surface area (Å²) in [4.78, 5) is 20.0. The molecule has 1 aromatic rings. The molecule has 80 valence electrons. The Morgan fingerprint density at radius 3 is 2.56 bits per heavy atom. The number of nitriles is 1. The average Bonchev–Trinajstić information content (AvgIpc) is 2.31. The first kappa shape index (κ1) is 11.3. The van der Waals surface area contributed by atoms with Crippen molar-refractivity contribution in [3.8, 4) is 6.07 Å². The largest absolute Gasteiger partial charge is 0.295 e. The molecule has 0 spiro atoms. The van der Waals surface area contributed by atoms with Crippen LogP contribution in [0.1, 0.15) is 0 Å². The van der Waals surface area contributed by atoms with E-state index in [1.807, 2.05) is 0 Å². The van der Waals surface area contributed by atoms with E-state index >= 15 is 0 Å². The number of benzene rings is 1. The van der Waals surface area contributed by atoms with Gasteiger partial charge in [-0.15, -0.1) is 0 Å². The highest BCUT2D eigenvalue weighted by Gasteiger charge is 2.03. The van der Waals surface area contributed by atoms with Gasteiger partial charge in [0.15, 0.2) is 12.0 Å². The Bertz CT molecular complexity index is 473. The number of nitrogens with one attached hydrogen (secondary N) is 1. The molecule has 0 amide bonds. The molecule has 0 aliphatic heterocycles. The lowest BCUT2D eigenvalue weighted by molar-refractivity contribution is -0.384. The molecule has 7 heteroatoms. The van der Waals surface area contributed by atoms with Crippen LogP contribution in [0.3, 0.4) is 0 Å². The van der Waals surface area contributed by atoms with E-state index in [-0.39, 0.29) is 11.4 Å². The summed E-state index contributed by atoms with van der Waals surface area (Å²) in [5.74, 6) is 0. The van der Waals surface area contributed by atoms with Gasteiger partial charge < -0.3 is 0 Å². The third-order valence-corrected chi connectivity index (χ3v) is 1.61. The zero-order valence-electron chi connectivity index (χ0n) is 7.95. The lowest BCUT2D eigenvalue weighted by Crippen LogP contribution is -2.00. The van der Waals surface area contributed by atoms with Crippen LogP contribution < -0.4 is 5.43 Å². The van der Waals surface area contributed by atoms with Crippen molar-refractivity contribution in [3.63, 3.8) is 0 Å². The summed E-state index contributed by atoms with van der Waals surface area (Å²) >= 11 is 0. The number of nitro groups is 1. The molecule has 7 nitrogen and oxygen atoms in total. The molecule has 0 radical (unpaired) electrons. The molecule has 0 atom stereocenters. The number of nitro benzene ring substituents is 1. The van der Waals surface area contributed by atoms with Gasteiger partial charge in [-0.1, -0.05) is 0 Å². The highest BCUT2D eigenvalue weighted by atomic mass is 16.6. The van der Waals surface area contributed by atoms with Gasteiger partial charge in [0.25, 0.3) is 5.69 Å². The second-order valence-electron chi connectivity index (χ2n) is 2.64. The van der Waals surface area contributed by atoms with Crippen LogP contribution in [0.15, 0.2) is 29.4 Å². The predicted molar refractivity (Wildman–Crippen MR) is 55.8 cm³/mol. The van der Waals surface area contributed by atoms with E-state index in [0.29, 0.717) is 12.0 Å². The lowest BCUT2D eigenvalue weighted by atomic mass is 10.3. The fourth-order valence-corrected chi connectivity index (χ4v) is 0.860. The Balaban J connectivity index is 2.77. The summed E-state index contributed by atoms with van der Waals surface area (Å²) in [5, 5.41) is 22.2. The van der Waals surface area contributed by atoms with Gasteiger partial charge in [0.2, 0.25) is 0 Å². The molecule has 0 aromatic heterocycles. The molecule has 0 unspecified atom stereocenters. The number of carbonyl (C=O) groups is 1. The fourth-order valence-electron chi connectivity index (χ4n) is 0.860. The predicted octanol–water partition coefficient (Wildman–Crippen LogP) is 1.09. The Labute approximate surface area is 90.1 Å². The van der Waals surface area contributed by atoms with Gasteiger partial charge in [0, 0.05) is 12.1 Å². The van der Waals surface area contributed by atoms with Gasteiger partial charge >= 0.3 is 0 Å². The Hall–Kier alpha value is -2.75. The summed E-state index contributed by atoms with van der Waals surface area (Å²) in [7, 11) is 0. The van der Waals surface area contributed by atoms with Crippen LogP contribution in [0.2, 0.25) is 0 Å². The van der Waals surface area contributed by atoms with Crippen LogP contribution in [-0.2, 0) is 4.79 Å². The smallest absolute Gasteiger partial charge is 0.269 e. The summed E-state index contributed by atoms with van der Waals surface area (Å²) in [6.45, 7) is 0. The van der Waals surface area contributed by atoms with Crippen molar-refractivity contribution in [1.29, 1.82) is 5.26 Å². The molecule has 0 aliphatic carbocycles. The molecule has 1 N–H and O–H groups in total. The number of hydrogen-bond donors (Lipinski definition) is 1. The van der Waals surface area contributed by atoms with E-state index < -0.39 is 4.92 Å². The molecule has 0 bridgehead atoms. The maximum Gasteiger partial charge on any atom is 0.269 e. The van der Waals surface area contributed by atoms with E-state index in [1.54, 1.807) is 6.07 Å². The van der Waals surface area contributed by atoms with E-state index in [4.69, 9.17) is 5.26 Å². The van der Waals surface area contributed by atoms with Crippen molar-refractivity contribution in [3.05, 3.63) is 34.4 Å². The number of carbonyl (C=O) groups excluding carboxylic acids is 1. The van der Waals surface area contributed by atoms with Crippen molar-refractivity contribution in [2.45, 2.75) is 0 Å². The van der Waals surface area contributed by atoms with Crippen LogP contribution in [0.5, 0.6) is 0 Å². The first-order valence-electron chi connectivity index (χ1n) is 4.11. The summed E-state index contributed by atoms with van der Waals surface area (Å²) in [5.41, 5.74) is 2.51. The van der Waals surface area contributed by atoms with Crippen LogP contribution >= 0.6 is 0 Å². The quantitative estimate of drug-likeness (QED) is 0.352. The number of non-ortho nitro benzene ring substituents is 1. The third-order valence-electron chi connectivity index (χ3n) is 1.61. The second kappa shape index (κ2) is 5.21. The van der Waals surface area contributed by atoms with Gasteiger partial charge in [-0.05, 0) is 12.1 Å². The zero-order valence-corrected chi connectivity index (χ0v) is 7.95. The Kier molecular flexibility index (Phi) is 3.69. The lowest BCUT2D eigenvalue weighted by Gasteiger charge is -1.98. The molecule has 1 rings (SSSR count). The van der Waals surface area contributed by atoms with E-state index in [0.717, 1.165) is 0 Å². The van der Waals surface area contributed by atoms with Crippen molar-refractivity contribution in [2.24, 2.45) is 5.10 Å². The van der Waals surface area contributed by atoms with Gasteiger partial charge in [0.1, 0.15) is 6.07 Å². The van der Waals surface area contributed by atoms with Crippen LogP contribution in [0.25, 0.3) is 0 Å². The SMILES string of the molecule is N#C/C(C=O)=N/Nc1ccc([N+](=O)[O-])cc1. The molecular weight excluding hydrogens is 212 g/mol. The standard InChI is InChI=1S/C9H6N4O3/c10-5-8(6-14)12-11-7-1-3-9(4-2-7)13(15)16/h1-4,6,11H/b12-8-. The highest BCUT2D eigenvalue weighted by Crippen LogP contribution is 2.15. The third kappa shape index (κ3) is 2.88. The maximum atomic E-state index is 10.3. The topological polar surface area (TPSA) is 108 Å². The van der Waals surface area contributed by atoms with Gasteiger partial charge in [-0.2, -0.15) is 10.4 Å². The van der Waals surface area contributed by atoms with Crippen molar-refractivity contribution in [1.82, 2.24) is 0 Å². The monoisotopic (exact) mass is 218 g/mol. The van der Waals surface area contributed by atoms with Crippen LogP contribution in [0, 0.1) is 21.4 Å². The number of hydrogen-bond acceptors (Lipinski definition) is 6. The molecular formula is C9H6N4O3. The maximum absolute atomic E-state index is 10.3. The normalized spacial score (nSPS) is 10.3. The minimum atomic E-state index is -0.529. The summed E-state index contributed by atoms with van der Waals surface area (Å²) in [6, 6.07) is 6.96. The molecule has 0 saturated carbocycles. The first-order valence-corrected chi connectivity index (χ1v) is 4.11. The van der Waals surface area contributed by atoms with E-state index in [9.17, 15) is 14.9 Å². The van der Waals surface area contributed by atoms with Gasteiger partial charge in [-0.25, -0.2) is 0 Å². The Morgan fingerprint density at radius 2 is 2.12 bits per heavy atom. The number of rotatable bonds is 4. The van der Waals surface area contributed by atoms with E-state index in [1.165, 1.54) is 24.3 Å². The minimum absolute atomic E-state index is 0.0505. The number of hydrazone groups is 1. The Morgan fingerprint density at radius 1 is 1.50 bits per heavy atom. The number of aldehydes is 1. The van der Waals surface area contributed by atoms with E-state index in [2.05, 4.69) is 10.5 Å². The molecule has 1 aromatic carbocycles. The average molecular weight is 218 g/mol. The minimum Gasteiger partial charge on any atom is -0.295 e. The summed E-state index contributed by atoms with van der Waals surface area (Å²) < 4.78 is 0.